The van der Waals surface area contributed by atoms with Gasteiger partial charge >= 0.3 is 6.09 Å². The first-order valence-electron chi connectivity index (χ1n) is 9.27. The molecule has 144 valence electrons. The minimum Gasteiger partial charge on any atom is -0.450 e. The zero-order valence-electron chi connectivity index (χ0n) is 15.6. The summed E-state index contributed by atoms with van der Waals surface area (Å²) in [6.07, 6.45) is 3.01. The van der Waals surface area contributed by atoms with Gasteiger partial charge in [0.15, 0.2) is 0 Å². The Kier molecular flexibility index (Phi) is 4.92. The van der Waals surface area contributed by atoms with Crippen LogP contribution in [-0.2, 0) is 4.74 Å². The zero-order chi connectivity index (χ0) is 19.5. The van der Waals surface area contributed by atoms with Crippen molar-refractivity contribution >= 4 is 23.0 Å². The Balaban J connectivity index is 1.51. The third kappa shape index (κ3) is 3.40. The summed E-state index contributed by atoms with van der Waals surface area (Å²) >= 11 is 0. The van der Waals surface area contributed by atoms with Crippen molar-refractivity contribution in [1.29, 1.82) is 0 Å². The quantitative estimate of drug-likeness (QED) is 0.755. The van der Waals surface area contributed by atoms with Crippen LogP contribution in [-0.4, -0.2) is 69.5 Å². The number of H-pyrrole nitrogens is 1. The first kappa shape index (κ1) is 18.0. The number of nitrogens with zero attached hydrogens (tertiary/aromatic N) is 4. The molecule has 8 heteroatoms. The van der Waals surface area contributed by atoms with E-state index in [1.54, 1.807) is 22.8 Å². The summed E-state index contributed by atoms with van der Waals surface area (Å²) in [5.41, 5.74) is 3.01. The number of ether oxygens (including phenoxy) is 1. The standard InChI is InChI=1S/C20H21N5O3/c1-2-28-20(27)25-10-8-24(9-11-25)19(26)15-5-3-4-14(12-15)17-16-6-7-21-18(16)23-13-22-17/h3-7,12-13H,2,8-11H2,1H3,(H,21,22,23). The normalized spacial score (nSPS) is 14.3. The van der Waals surface area contributed by atoms with Gasteiger partial charge in [0, 0.05) is 48.9 Å². The molecule has 0 bridgehead atoms. The van der Waals surface area contributed by atoms with Crippen LogP contribution in [0.2, 0.25) is 0 Å². The lowest BCUT2D eigenvalue weighted by atomic mass is 10.0. The molecular weight excluding hydrogens is 358 g/mol. The fraction of sp³-hybridized carbons (Fsp3) is 0.300. The number of benzene rings is 1. The highest BCUT2D eigenvalue weighted by Gasteiger charge is 2.25. The molecule has 3 heterocycles. The van der Waals surface area contributed by atoms with E-state index in [9.17, 15) is 9.59 Å². The number of amides is 2. The van der Waals surface area contributed by atoms with Gasteiger partial charge in [-0.1, -0.05) is 12.1 Å². The van der Waals surface area contributed by atoms with E-state index in [4.69, 9.17) is 4.74 Å². The zero-order valence-corrected chi connectivity index (χ0v) is 15.6. The Labute approximate surface area is 162 Å². The SMILES string of the molecule is CCOC(=O)N1CCN(C(=O)c2cccc(-c3ncnc4[nH]ccc34)c2)CC1. The van der Waals surface area contributed by atoms with E-state index in [0.717, 1.165) is 22.3 Å². The molecule has 0 spiro atoms. The number of nitrogens with one attached hydrogen (secondary N) is 1. The van der Waals surface area contributed by atoms with E-state index in [2.05, 4.69) is 15.0 Å². The van der Waals surface area contributed by atoms with Crippen LogP contribution in [0.4, 0.5) is 4.79 Å². The highest BCUT2D eigenvalue weighted by atomic mass is 16.6. The molecule has 2 amide bonds. The predicted octanol–water partition coefficient (Wildman–Crippen LogP) is 2.54. The summed E-state index contributed by atoms with van der Waals surface area (Å²) in [4.78, 5) is 39.8. The van der Waals surface area contributed by atoms with E-state index >= 15 is 0 Å². The largest absolute Gasteiger partial charge is 0.450 e. The summed E-state index contributed by atoms with van der Waals surface area (Å²) in [6.45, 7) is 4.04. The molecular formula is C20H21N5O3. The predicted molar refractivity (Wildman–Crippen MR) is 104 cm³/mol. The fourth-order valence-corrected chi connectivity index (χ4v) is 3.39. The molecule has 0 atom stereocenters. The van der Waals surface area contributed by atoms with Crippen LogP contribution < -0.4 is 0 Å². The van der Waals surface area contributed by atoms with Crippen molar-refractivity contribution in [2.24, 2.45) is 0 Å². The average molecular weight is 379 g/mol. The molecule has 28 heavy (non-hydrogen) atoms. The number of fused-ring (bicyclic) bond motifs is 1. The lowest BCUT2D eigenvalue weighted by molar-refractivity contribution is 0.0570. The minimum absolute atomic E-state index is 0.0512. The Morgan fingerprint density at radius 3 is 2.68 bits per heavy atom. The Morgan fingerprint density at radius 2 is 1.89 bits per heavy atom. The fourth-order valence-electron chi connectivity index (χ4n) is 3.39. The Morgan fingerprint density at radius 1 is 1.11 bits per heavy atom. The lowest BCUT2D eigenvalue weighted by Gasteiger charge is -2.34. The number of hydrogen-bond acceptors (Lipinski definition) is 5. The Hall–Kier alpha value is -3.42. The van der Waals surface area contributed by atoms with Gasteiger partial charge in [-0.05, 0) is 25.1 Å². The number of rotatable bonds is 3. The molecule has 8 nitrogen and oxygen atoms in total. The van der Waals surface area contributed by atoms with Gasteiger partial charge in [-0.15, -0.1) is 0 Å². The van der Waals surface area contributed by atoms with E-state index in [0.29, 0.717) is 38.3 Å². The number of aromatic amines is 1. The summed E-state index contributed by atoms with van der Waals surface area (Å²) in [7, 11) is 0. The second kappa shape index (κ2) is 7.67. The first-order valence-corrected chi connectivity index (χ1v) is 9.27. The third-order valence-corrected chi connectivity index (χ3v) is 4.83. The van der Waals surface area contributed by atoms with Crippen LogP contribution in [0.15, 0.2) is 42.9 Å². The van der Waals surface area contributed by atoms with Gasteiger partial charge < -0.3 is 19.5 Å². The first-order chi connectivity index (χ1) is 13.7. The number of carbonyl (C=O) groups excluding carboxylic acids is 2. The van der Waals surface area contributed by atoms with Gasteiger partial charge in [-0.2, -0.15) is 0 Å². The number of hydrogen-bond donors (Lipinski definition) is 1. The molecule has 3 aromatic rings. The molecule has 1 aliphatic heterocycles. The summed E-state index contributed by atoms with van der Waals surface area (Å²) < 4.78 is 5.02. The van der Waals surface area contributed by atoms with E-state index < -0.39 is 0 Å². The molecule has 1 aromatic carbocycles. The monoisotopic (exact) mass is 379 g/mol. The summed E-state index contributed by atoms with van der Waals surface area (Å²) in [6, 6.07) is 9.38. The number of carbonyl (C=O) groups is 2. The molecule has 0 aliphatic carbocycles. The maximum absolute atomic E-state index is 13.0. The maximum atomic E-state index is 13.0. The average Bonchev–Trinajstić information content (AvgIpc) is 3.22. The molecule has 0 radical (unpaired) electrons. The molecule has 1 fully saturated rings. The van der Waals surface area contributed by atoms with Crippen LogP contribution in [0.1, 0.15) is 17.3 Å². The van der Waals surface area contributed by atoms with Crippen molar-refractivity contribution < 1.29 is 14.3 Å². The molecule has 1 aliphatic rings. The molecule has 1 saturated heterocycles. The second-order valence-corrected chi connectivity index (χ2v) is 6.52. The van der Waals surface area contributed by atoms with E-state index in [-0.39, 0.29) is 12.0 Å². The van der Waals surface area contributed by atoms with Crippen LogP contribution in [0.3, 0.4) is 0 Å². The van der Waals surface area contributed by atoms with Gasteiger partial charge in [0.25, 0.3) is 5.91 Å². The van der Waals surface area contributed by atoms with Crippen LogP contribution in [0.5, 0.6) is 0 Å². The lowest BCUT2D eigenvalue weighted by Crippen LogP contribution is -2.50. The smallest absolute Gasteiger partial charge is 0.409 e. The Bertz CT molecular complexity index is 1010. The van der Waals surface area contributed by atoms with E-state index in [1.807, 2.05) is 30.5 Å². The maximum Gasteiger partial charge on any atom is 0.409 e. The molecule has 4 rings (SSSR count). The van der Waals surface area contributed by atoms with Crippen molar-refractivity contribution in [3.8, 4) is 11.3 Å². The topological polar surface area (TPSA) is 91.4 Å². The second-order valence-electron chi connectivity index (χ2n) is 6.52. The minimum atomic E-state index is -0.323. The highest BCUT2D eigenvalue weighted by molar-refractivity contribution is 5.97. The van der Waals surface area contributed by atoms with Crippen LogP contribution >= 0.6 is 0 Å². The van der Waals surface area contributed by atoms with Gasteiger partial charge in [0.2, 0.25) is 0 Å². The molecule has 2 aromatic heterocycles. The third-order valence-electron chi connectivity index (χ3n) is 4.83. The van der Waals surface area contributed by atoms with Gasteiger partial charge in [-0.25, -0.2) is 14.8 Å². The van der Waals surface area contributed by atoms with E-state index in [1.165, 1.54) is 6.33 Å². The van der Waals surface area contributed by atoms with Crippen molar-refractivity contribution in [3.05, 3.63) is 48.4 Å². The van der Waals surface area contributed by atoms with Crippen molar-refractivity contribution in [2.45, 2.75) is 6.92 Å². The van der Waals surface area contributed by atoms with Gasteiger partial charge in [0.1, 0.15) is 12.0 Å². The highest BCUT2D eigenvalue weighted by Crippen LogP contribution is 2.25. The number of piperazine rings is 1. The molecule has 1 N–H and O–H groups in total. The molecule has 0 saturated carbocycles. The molecule has 0 unspecified atom stereocenters. The van der Waals surface area contributed by atoms with Crippen molar-refractivity contribution in [2.75, 3.05) is 32.8 Å². The van der Waals surface area contributed by atoms with Crippen molar-refractivity contribution in [3.63, 3.8) is 0 Å². The summed E-state index contributed by atoms with van der Waals surface area (Å²) in [5, 5.41) is 0.912. The van der Waals surface area contributed by atoms with Gasteiger partial charge in [0.05, 0.1) is 12.3 Å². The van der Waals surface area contributed by atoms with Crippen molar-refractivity contribution in [1.82, 2.24) is 24.8 Å². The number of aromatic nitrogens is 3. The van der Waals surface area contributed by atoms with Crippen LogP contribution in [0, 0.1) is 0 Å². The van der Waals surface area contributed by atoms with Gasteiger partial charge in [-0.3, -0.25) is 4.79 Å². The van der Waals surface area contributed by atoms with Crippen LogP contribution in [0.25, 0.3) is 22.3 Å². The summed E-state index contributed by atoms with van der Waals surface area (Å²) in [5.74, 6) is -0.0512.